The molecule has 2 aliphatic heterocycles. The third-order valence-corrected chi connectivity index (χ3v) is 5.18. The third-order valence-electron chi connectivity index (χ3n) is 5.18. The molecular formula is C22H34FN3O4. The average Bonchev–Trinajstić information content (AvgIpc) is 3.30. The molecule has 0 radical (unpaired) electrons. The van der Waals surface area contributed by atoms with Gasteiger partial charge in [-0.3, -0.25) is 9.69 Å². The summed E-state index contributed by atoms with van der Waals surface area (Å²) in [6.07, 6.45) is 2.23. The molecule has 1 aromatic rings. The molecule has 2 amide bonds. The van der Waals surface area contributed by atoms with Crippen molar-refractivity contribution in [2.75, 3.05) is 33.7 Å². The highest BCUT2D eigenvalue weighted by atomic mass is 19.1. The van der Waals surface area contributed by atoms with Crippen LogP contribution in [0.25, 0.3) is 0 Å². The largest absolute Gasteiger partial charge is 0.508 e. The quantitative estimate of drug-likeness (QED) is 0.791. The van der Waals surface area contributed by atoms with E-state index < -0.39 is 11.4 Å². The summed E-state index contributed by atoms with van der Waals surface area (Å²) < 4.78 is 17.4. The van der Waals surface area contributed by atoms with Crippen molar-refractivity contribution in [1.29, 1.82) is 0 Å². The summed E-state index contributed by atoms with van der Waals surface area (Å²) in [5.41, 5.74) is -0.531. The summed E-state index contributed by atoms with van der Waals surface area (Å²) in [6.45, 7) is 7.68. The number of likely N-dealkylation sites (N-methyl/N-ethyl adjacent to an activating group) is 1. The summed E-state index contributed by atoms with van der Waals surface area (Å²) in [4.78, 5) is 30.7. The van der Waals surface area contributed by atoms with Crippen molar-refractivity contribution >= 4 is 12.0 Å². The van der Waals surface area contributed by atoms with E-state index in [0.717, 1.165) is 38.4 Å². The Morgan fingerprint density at radius 3 is 2.40 bits per heavy atom. The monoisotopic (exact) mass is 423 g/mol. The average molecular weight is 424 g/mol. The number of rotatable bonds is 2. The van der Waals surface area contributed by atoms with Gasteiger partial charge in [0.1, 0.15) is 23.2 Å². The molecule has 3 rings (SSSR count). The minimum atomic E-state index is -0.531. The summed E-state index contributed by atoms with van der Waals surface area (Å²) in [7, 11) is 4.09. The predicted molar refractivity (Wildman–Crippen MR) is 113 cm³/mol. The van der Waals surface area contributed by atoms with Gasteiger partial charge in [0.25, 0.3) is 0 Å². The Labute approximate surface area is 178 Å². The zero-order valence-corrected chi connectivity index (χ0v) is 18.6. The van der Waals surface area contributed by atoms with Crippen molar-refractivity contribution < 1.29 is 23.8 Å². The molecule has 1 unspecified atom stereocenters. The molecule has 0 aliphatic carbocycles. The van der Waals surface area contributed by atoms with Gasteiger partial charge in [0.2, 0.25) is 5.91 Å². The summed E-state index contributed by atoms with van der Waals surface area (Å²) >= 11 is 0. The lowest BCUT2D eigenvalue weighted by atomic mass is 10.2. The molecule has 0 spiro atoms. The number of carbonyl (C=O) groups excluding carboxylic acids is 2. The molecule has 2 saturated heterocycles. The maximum Gasteiger partial charge on any atom is 0.410 e. The number of hydrogen-bond acceptors (Lipinski definition) is 5. The number of hydrogen-bond donors (Lipinski definition) is 1. The van der Waals surface area contributed by atoms with Crippen molar-refractivity contribution in [2.24, 2.45) is 0 Å². The second-order valence-corrected chi connectivity index (χ2v) is 9.00. The minimum absolute atomic E-state index is 0.0370. The first-order valence-corrected chi connectivity index (χ1v) is 10.4. The molecule has 1 aromatic carbocycles. The fourth-order valence-corrected chi connectivity index (χ4v) is 3.61. The van der Waals surface area contributed by atoms with Crippen LogP contribution < -0.4 is 0 Å². The molecule has 2 atom stereocenters. The zero-order valence-electron chi connectivity index (χ0n) is 18.6. The molecule has 0 saturated carbocycles. The van der Waals surface area contributed by atoms with Gasteiger partial charge in [-0.05, 0) is 66.3 Å². The lowest BCUT2D eigenvalue weighted by Crippen LogP contribution is -2.49. The van der Waals surface area contributed by atoms with Gasteiger partial charge in [-0.15, -0.1) is 0 Å². The molecule has 2 aliphatic rings. The second-order valence-electron chi connectivity index (χ2n) is 9.00. The van der Waals surface area contributed by atoms with E-state index in [2.05, 4.69) is 4.90 Å². The molecule has 7 nitrogen and oxygen atoms in total. The fraction of sp³-hybridized carbons (Fsp3) is 0.636. The predicted octanol–water partition coefficient (Wildman–Crippen LogP) is 3.08. The van der Waals surface area contributed by atoms with Gasteiger partial charge in [0, 0.05) is 31.7 Å². The first kappa shape index (κ1) is 23.9. The number of likely N-dealkylation sites (tertiary alicyclic amines) is 2. The number of aromatic hydroxyl groups is 1. The number of amides is 2. The van der Waals surface area contributed by atoms with Gasteiger partial charge >= 0.3 is 6.09 Å². The number of ether oxygens (including phenoxy) is 1. The van der Waals surface area contributed by atoms with Crippen LogP contribution in [0.1, 0.15) is 40.0 Å². The maximum atomic E-state index is 12.8. The number of nitrogens with zero attached hydrogens (tertiary/aromatic N) is 3. The Bertz CT molecular complexity index is 718. The first-order chi connectivity index (χ1) is 14.0. The van der Waals surface area contributed by atoms with Gasteiger partial charge < -0.3 is 19.6 Å². The van der Waals surface area contributed by atoms with E-state index in [1.807, 2.05) is 39.8 Å². The van der Waals surface area contributed by atoms with Crippen LogP contribution in [-0.4, -0.2) is 83.2 Å². The smallest absolute Gasteiger partial charge is 0.410 e. The summed E-state index contributed by atoms with van der Waals surface area (Å²) in [5, 5.41) is 8.57. The molecule has 30 heavy (non-hydrogen) atoms. The second kappa shape index (κ2) is 10.1. The summed E-state index contributed by atoms with van der Waals surface area (Å²) in [6, 6.07) is 5.27. The Hall–Kier alpha value is -2.35. The lowest BCUT2D eigenvalue weighted by molar-refractivity contribution is -0.135. The molecule has 168 valence electrons. The van der Waals surface area contributed by atoms with E-state index in [4.69, 9.17) is 9.84 Å². The van der Waals surface area contributed by atoms with E-state index in [-0.39, 0.29) is 23.8 Å². The van der Waals surface area contributed by atoms with Crippen LogP contribution in [0, 0.1) is 5.82 Å². The summed E-state index contributed by atoms with van der Waals surface area (Å²) in [5.74, 6) is -0.372. The van der Waals surface area contributed by atoms with E-state index in [1.54, 1.807) is 4.90 Å². The van der Waals surface area contributed by atoms with Crippen LogP contribution in [0.3, 0.4) is 0 Å². The first-order valence-electron chi connectivity index (χ1n) is 10.4. The van der Waals surface area contributed by atoms with E-state index in [9.17, 15) is 14.0 Å². The van der Waals surface area contributed by atoms with Gasteiger partial charge in [0.15, 0.2) is 0 Å². The molecule has 1 N–H and O–H groups in total. The number of phenols is 1. The SMILES string of the molecule is CN(C)C1CCN(C(=O)[C@H]2CCCN2C(=O)OC(C)(C)C)C1.Oc1cccc(F)c1. The number of phenolic OH excluding ortho intramolecular Hbond substituents is 1. The van der Waals surface area contributed by atoms with Crippen molar-refractivity contribution in [2.45, 2.75) is 57.7 Å². The van der Waals surface area contributed by atoms with Gasteiger partial charge in [-0.25, -0.2) is 9.18 Å². The Morgan fingerprint density at radius 2 is 1.90 bits per heavy atom. The van der Waals surface area contributed by atoms with Crippen LogP contribution in [0.2, 0.25) is 0 Å². The number of halogens is 1. The van der Waals surface area contributed by atoms with Crippen molar-refractivity contribution in [3.63, 3.8) is 0 Å². The molecular weight excluding hydrogens is 389 g/mol. The number of carbonyl (C=O) groups is 2. The topological polar surface area (TPSA) is 73.3 Å². The van der Waals surface area contributed by atoms with Crippen LogP contribution >= 0.6 is 0 Å². The lowest BCUT2D eigenvalue weighted by Gasteiger charge is -2.30. The Morgan fingerprint density at radius 1 is 1.20 bits per heavy atom. The number of benzene rings is 1. The molecule has 8 heteroatoms. The van der Waals surface area contributed by atoms with Crippen molar-refractivity contribution in [1.82, 2.24) is 14.7 Å². The molecule has 0 bridgehead atoms. The zero-order chi connectivity index (χ0) is 22.5. The normalized spacial score (nSPS) is 21.4. The van der Waals surface area contributed by atoms with Gasteiger partial charge in [0.05, 0.1) is 0 Å². The van der Waals surface area contributed by atoms with Crippen molar-refractivity contribution in [3.8, 4) is 5.75 Å². The minimum Gasteiger partial charge on any atom is -0.508 e. The molecule has 2 fully saturated rings. The fourth-order valence-electron chi connectivity index (χ4n) is 3.61. The van der Waals surface area contributed by atoms with E-state index in [1.165, 1.54) is 18.2 Å². The van der Waals surface area contributed by atoms with Crippen LogP contribution in [0.15, 0.2) is 24.3 Å². The standard InChI is InChI=1S/C16H29N3O3.C6H5FO/c1-16(2,3)22-15(21)19-9-6-7-13(19)14(20)18-10-8-12(11-18)17(4)5;7-5-2-1-3-6(8)4-5/h12-13H,6-11H2,1-5H3;1-4,8H/t12?,13-;/m1./s1. The van der Waals surface area contributed by atoms with Crippen molar-refractivity contribution in [3.05, 3.63) is 30.1 Å². The maximum absolute atomic E-state index is 12.8. The van der Waals surface area contributed by atoms with Gasteiger partial charge in [-0.1, -0.05) is 6.07 Å². The van der Waals surface area contributed by atoms with Crippen LogP contribution in [0.5, 0.6) is 5.75 Å². The molecule has 0 aromatic heterocycles. The molecule has 2 heterocycles. The highest BCUT2D eigenvalue weighted by molar-refractivity contribution is 5.86. The third kappa shape index (κ3) is 6.86. The highest BCUT2D eigenvalue weighted by Gasteiger charge is 2.40. The van der Waals surface area contributed by atoms with E-state index >= 15 is 0 Å². The Kier molecular flexibility index (Phi) is 8.06. The van der Waals surface area contributed by atoms with Gasteiger partial charge in [-0.2, -0.15) is 0 Å². The van der Waals surface area contributed by atoms with Crippen LogP contribution in [-0.2, 0) is 9.53 Å². The van der Waals surface area contributed by atoms with Crippen LogP contribution in [0.4, 0.5) is 9.18 Å². The van der Waals surface area contributed by atoms with E-state index in [0.29, 0.717) is 12.6 Å². The Balaban J connectivity index is 0.000000335. The highest BCUT2D eigenvalue weighted by Crippen LogP contribution is 2.24.